The van der Waals surface area contributed by atoms with E-state index in [1.807, 2.05) is 0 Å². The Hall–Kier alpha value is -1.69. The van der Waals surface area contributed by atoms with E-state index in [0.29, 0.717) is 12.2 Å². The van der Waals surface area contributed by atoms with Crippen LogP contribution in [0.15, 0.2) is 18.2 Å². The van der Waals surface area contributed by atoms with Gasteiger partial charge in [-0.15, -0.1) is 0 Å². The van der Waals surface area contributed by atoms with E-state index in [9.17, 15) is 13.6 Å². The number of hydrogen-bond acceptors (Lipinski definition) is 2. The number of carboxylic acid groups (broad SMARTS) is 1. The monoisotopic (exact) mass is 243 g/mol. The zero-order valence-electron chi connectivity index (χ0n) is 8.82. The number of epoxide rings is 1. The lowest BCUT2D eigenvalue weighted by molar-refractivity contribution is 0.186. The van der Waals surface area contributed by atoms with Crippen LogP contribution in [0.3, 0.4) is 0 Å². The molecule has 1 aromatic carbocycles. The van der Waals surface area contributed by atoms with E-state index < -0.39 is 23.8 Å². The maximum absolute atomic E-state index is 12.9. The Morgan fingerprint density at radius 3 is 2.53 bits per heavy atom. The number of halogens is 2. The quantitative estimate of drug-likeness (QED) is 0.788. The number of rotatable bonds is 4. The molecule has 0 aromatic heterocycles. The van der Waals surface area contributed by atoms with Gasteiger partial charge in [0.1, 0.15) is 17.7 Å². The fraction of sp³-hybridized carbons (Fsp3) is 0.364. The minimum atomic E-state index is -1.18. The third-order valence-corrected chi connectivity index (χ3v) is 2.49. The van der Waals surface area contributed by atoms with Crippen LogP contribution < -0.4 is 5.32 Å². The number of amides is 1. The second-order valence-corrected chi connectivity index (χ2v) is 3.91. The number of nitrogens with one attached hydrogen (secondary N) is 1. The van der Waals surface area contributed by atoms with Gasteiger partial charge in [0.05, 0.1) is 12.6 Å². The van der Waals surface area contributed by atoms with Crippen molar-refractivity contribution in [3.8, 4) is 0 Å². The molecule has 2 N–H and O–H groups in total. The minimum absolute atomic E-state index is 0.200. The van der Waals surface area contributed by atoms with E-state index in [2.05, 4.69) is 5.32 Å². The summed E-state index contributed by atoms with van der Waals surface area (Å²) in [5, 5.41) is 10.9. The summed E-state index contributed by atoms with van der Waals surface area (Å²) in [6.07, 6.45) is -1.19. The highest BCUT2D eigenvalue weighted by Gasteiger charge is 2.34. The van der Waals surface area contributed by atoms with Crippen molar-refractivity contribution >= 4 is 6.09 Å². The lowest BCUT2D eigenvalue weighted by Crippen LogP contribution is -2.39. The molecule has 1 heterocycles. The minimum Gasteiger partial charge on any atom is -0.465 e. The smallest absolute Gasteiger partial charge is 0.404 e. The fourth-order valence-corrected chi connectivity index (χ4v) is 1.70. The summed E-state index contributed by atoms with van der Waals surface area (Å²) in [5.41, 5.74) is 0.400. The van der Waals surface area contributed by atoms with Crippen molar-refractivity contribution in [2.24, 2.45) is 0 Å². The molecule has 1 saturated heterocycles. The summed E-state index contributed by atoms with van der Waals surface area (Å²) in [5.74, 6) is -1.35. The Labute approximate surface area is 96.2 Å². The highest BCUT2D eigenvalue weighted by Crippen LogP contribution is 2.19. The van der Waals surface area contributed by atoms with E-state index >= 15 is 0 Å². The van der Waals surface area contributed by atoms with Crippen LogP contribution in [0.25, 0.3) is 0 Å². The molecule has 4 nitrogen and oxygen atoms in total. The maximum Gasteiger partial charge on any atom is 0.404 e. The predicted octanol–water partition coefficient (Wildman–Crippen LogP) is 1.54. The first-order chi connectivity index (χ1) is 8.04. The van der Waals surface area contributed by atoms with Gasteiger partial charge in [0.15, 0.2) is 0 Å². The van der Waals surface area contributed by atoms with Gasteiger partial charge >= 0.3 is 6.09 Å². The van der Waals surface area contributed by atoms with Gasteiger partial charge in [0, 0.05) is 6.07 Å². The van der Waals surface area contributed by atoms with E-state index in [0.717, 1.165) is 6.07 Å². The van der Waals surface area contributed by atoms with Gasteiger partial charge in [-0.2, -0.15) is 0 Å². The molecule has 1 aliphatic heterocycles. The van der Waals surface area contributed by atoms with Gasteiger partial charge in [-0.3, -0.25) is 0 Å². The normalized spacial score (nSPS) is 19.8. The summed E-state index contributed by atoms with van der Waals surface area (Å²) in [6, 6.07) is 2.66. The number of benzene rings is 1. The van der Waals surface area contributed by atoms with Crippen LogP contribution in [0.4, 0.5) is 13.6 Å². The van der Waals surface area contributed by atoms with Crippen molar-refractivity contribution < 1.29 is 23.4 Å². The predicted molar refractivity (Wildman–Crippen MR) is 54.8 cm³/mol. The lowest BCUT2D eigenvalue weighted by Gasteiger charge is -2.14. The molecule has 6 heteroatoms. The first-order valence-electron chi connectivity index (χ1n) is 5.10. The third-order valence-electron chi connectivity index (χ3n) is 2.49. The van der Waals surface area contributed by atoms with Crippen LogP contribution in [0.2, 0.25) is 0 Å². The average molecular weight is 243 g/mol. The molecule has 1 amide bonds. The lowest BCUT2D eigenvalue weighted by atomic mass is 10.0. The Morgan fingerprint density at radius 1 is 1.47 bits per heavy atom. The van der Waals surface area contributed by atoms with Crippen molar-refractivity contribution in [3.05, 3.63) is 35.4 Å². The molecular weight excluding hydrogens is 232 g/mol. The van der Waals surface area contributed by atoms with Crippen LogP contribution in [-0.2, 0) is 11.2 Å². The Balaban J connectivity index is 2.08. The van der Waals surface area contributed by atoms with Gasteiger partial charge in [-0.1, -0.05) is 0 Å². The highest BCUT2D eigenvalue weighted by atomic mass is 19.1. The Bertz CT molecular complexity index is 414. The van der Waals surface area contributed by atoms with Crippen molar-refractivity contribution in [2.45, 2.75) is 18.6 Å². The Kier molecular flexibility index (Phi) is 3.23. The molecule has 17 heavy (non-hydrogen) atoms. The van der Waals surface area contributed by atoms with Crippen LogP contribution in [-0.4, -0.2) is 30.0 Å². The fourth-order valence-electron chi connectivity index (χ4n) is 1.70. The highest BCUT2D eigenvalue weighted by molar-refractivity contribution is 5.65. The van der Waals surface area contributed by atoms with Gasteiger partial charge in [0.25, 0.3) is 0 Å². The molecule has 0 aliphatic carbocycles. The van der Waals surface area contributed by atoms with Crippen LogP contribution in [0, 0.1) is 11.6 Å². The largest absolute Gasteiger partial charge is 0.465 e. The van der Waals surface area contributed by atoms with E-state index in [-0.39, 0.29) is 12.5 Å². The molecule has 0 radical (unpaired) electrons. The summed E-state index contributed by atoms with van der Waals surface area (Å²) in [4.78, 5) is 10.6. The first kappa shape index (κ1) is 11.8. The van der Waals surface area contributed by atoms with Crippen LogP contribution in [0.1, 0.15) is 5.56 Å². The van der Waals surface area contributed by atoms with Gasteiger partial charge in [-0.25, -0.2) is 13.6 Å². The summed E-state index contributed by atoms with van der Waals surface area (Å²) in [6.45, 7) is 0.461. The molecule has 1 aromatic rings. The molecule has 1 fully saturated rings. The van der Waals surface area contributed by atoms with Gasteiger partial charge < -0.3 is 15.2 Å². The van der Waals surface area contributed by atoms with Crippen molar-refractivity contribution in [3.63, 3.8) is 0 Å². The molecule has 2 rings (SSSR count). The zero-order valence-corrected chi connectivity index (χ0v) is 8.82. The van der Waals surface area contributed by atoms with Crippen LogP contribution >= 0.6 is 0 Å². The molecule has 2 atom stereocenters. The molecule has 92 valence electrons. The summed E-state index contributed by atoms with van der Waals surface area (Å²) >= 11 is 0. The zero-order chi connectivity index (χ0) is 12.4. The van der Waals surface area contributed by atoms with E-state index in [1.165, 1.54) is 12.1 Å². The maximum atomic E-state index is 12.9. The molecule has 1 aliphatic rings. The molecule has 0 bridgehead atoms. The molecular formula is C11H11F2NO3. The van der Waals surface area contributed by atoms with Crippen molar-refractivity contribution in [2.75, 3.05) is 6.61 Å². The molecule has 0 saturated carbocycles. The molecule has 0 unspecified atom stereocenters. The molecule has 0 spiro atoms. The number of hydrogen-bond donors (Lipinski definition) is 2. The Morgan fingerprint density at radius 2 is 2.06 bits per heavy atom. The summed E-state index contributed by atoms with van der Waals surface area (Å²) in [7, 11) is 0. The SMILES string of the molecule is O=C(O)N[C@@H](Cc1cc(F)cc(F)c1)[C@@H]1CO1. The first-order valence-corrected chi connectivity index (χ1v) is 5.10. The van der Waals surface area contributed by atoms with Crippen molar-refractivity contribution in [1.82, 2.24) is 5.32 Å². The number of ether oxygens (including phenoxy) is 1. The summed E-state index contributed by atoms with van der Waals surface area (Å²) < 4.78 is 30.9. The third kappa shape index (κ3) is 3.39. The topological polar surface area (TPSA) is 61.9 Å². The standard InChI is InChI=1S/C11H11F2NO3/c12-7-1-6(2-8(13)4-7)3-9(10-5-17-10)14-11(15)16/h1-2,4,9-10,14H,3,5H2,(H,15,16)/t9-,10-/m0/s1. The van der Waals surface area contributed by atoms with Gasteiger partial charge in [-0.05, 0) is 24.1 Å². The van der Waals surface area contributed by atoms with E-state index in [1.54, 1.807) is 0 Å². The van der Waals surface area contributed by atoms with E-state index in [4.69, 9.17) is 9.84 Å². The van der Waals surface area contributed by atoms with Gasteiger partial charge in [0.2, 0.25) is 0 Å². The number of carbonyl (C=O) groups is 1. The second kappa shape index (κ2) is 4.67. The second-order valence-electron chi connectivity index (χ2n) is 3.91. The average Bonchev–Trinajstić information content (AvgIpc) is 2.96. The van der Waals surface area contributed by atoms with Crippen LogP contribution in [0.5, 0.6) is 0 Å². The van der Waals surface area contributed by atoms with Crippen molar-refractivity contribution in [1.29, 1.82) is 0 Å².